The fourth-order valence-electron chi connectivity index (χ4n) is 1.66. The van der Waals surface area contributed by atoms with E-state index in [9.17, 15) is 4.79 Å². The van der Waals surface area contributed by atoms with Gasteiger partial charge in [0.15, 0.2) is 0 Å². The van der Waals surface area contributed by atoms with Crippen molar-refractivity contribution < 1.29 is 15.0 Å². The molecular formula is C8H16N2O3. The molecule has 13 heavy (non-hydrogen) atoms. The number of carboxylic acid groups (broad SMARTS) is 1. The minimum atomic E-state index is -0.851. The van der Waals surface area contributed by atoms with Crippen LogP contribution in [0.25, 0.3) is 0 Å². The maximum absolute atomic E-state index is 10.7. The van der Waals surface area contributed by atoms with Crippen molar-refractivity contribution in [3.8, 4) is 0 Å². The highest BCUT2D eigenvalue weighted by atomic mass is 16.4. The Balaban J connectivity index is 2.42. The summed E-state index contributed by atoms with van der Waals surface area (Å²) in [5, 5.41) is 17.5. The first-order chi connectivity index (χ1) is 6.15. The van der Waals surface area contributed by atoms with Gasteiger partial charge in [0, 0.05) is 32.2 Å². The van der Waals surface area contributed by atoms with Crippen LogP contribution in [0.3, 0.4) is 0 Å². The number of hydrogen-bond donors (Lipinski definition) is 2. The average Bonchev–Trinajstić information content (AvgIpc) is 2.04. The quantitative estimate of drug-likeness (QED) is 0.622. The van der Waals surface area contributed by atoms with Crippen LogP contribution in [-0.2, 0) is 0 Å². The highest BCUT2D eigenvalue weighted by molar-refractivity contribution is 5.65. The number of β-amino-alcohol motifs (C(OH)–C–C–N with tert-alkyl or cyclic N) is 1. The van der Waals surface area contributed by atoms with Gasteiger partial charge in [0.25, 0.3) is 0 Å². The van der Waals surface area contributed by atoms with Crippen LogP contribution in [0.5, 0.6) is 0 Å². The molecule has 1 heterocycles. The summed E-state index contributed by atoms with van der Waals surface area (Å²) in [5.41, 5.74) is 0. The zero-order valence-electron chi connectivity index (χ0n) is 7.81. The number of hydrogen-bond acceptors (Lipinski definition) is 3. The van der Waals surface area contributed by atoms with Gasteiger partial charge in [-0.05, 0) is 6.92 Å². The Kier molecular flexibility index (Phi) is 3.50. The first kappa shape index (κ1) is 10.3. The molecule has 1 saturated heterocycles. The van der Waals surface area contributed by atoms with Crippen molar-refractivity contribution in [2.45, 2.75) is 13.0 Å². The summed E-state index contributed by atoms with van der Waals surface area (Å²) in [7, 11) is 0. The molecule has 1 atom stereocenters. The largest absolute Gasteiger partial charge is 0.465 e. The van der Waals surface area contributed by atoms with Gasteiger partial charge in [-0.25, -0.2) is 4.79 Å². The smallest absolute Gasteiger partial charge is 0.407 e. The highest BCUT2D eigenvalue weighted by Crippen LogP contribution is 2.08. The van der Waals surface area contributed by atoms with E-state index in [1.807, 2.05) is 6.92 Å². The average molecular weight is 188 g/mol. The molecule has 5 nitrogen and oxygen atoms in total. The minimum absolute atomic E-state index is 0.0257. The van der Waals surface area contributed by atoms with Crippen molar-refractivity contribution in [2.24, 2.45) is 0 Å². The van der Waals surface area contributed by atoms with Gasteiger partial charge in [0.1, 0.15) is 0 Å². The van der Waals surface area contributed by atoms with E-state index in [2.05, 4.69) is 4.90 Å². The summed E-state index contributed by atoms with van der Waals surface area (Å²) in [6.45, 7) is 4.63. The van der Waals surface area contributed by atoms with Crippen LogP contribution in [0.15, 0.2) is 0 Å². The molecule has 1 rings (SSSR count). The van der Waals surface area contributed by atoms with Gasteiger partial charge in [-0.1, -0.05) is 0 Å². The van der Waals surface area contributed by atoms with Crippen LogP contribution in [0.4, 0.5) is 4.79 Å². The predicted molar refractivity (Wildman–Crippen MR) is 47.7 cm³/mol. The molecule has 0 spiro atoms. The van der Waals surface area contributed by atoms with Crippen LogP contribution >= 0.6 is 0 Å². The number of carbonyl (C=O) groups is 1. The van der Waals surface area contributed by atoms with E-state index in [1.54, 1.807) is 0 Å². The molecule has 0 radical (unpaired) electrons. The lowest BCUT2D eigenvalue weighted by Gasteiger charge is -2.37. The Labute approximate surface area is 77.6 Å². The predicted octanol–water partition coefficient (Wildman–Crippen LogP) is -0.337. The van der Waals surface area contributed by atoms with E-state index in [4.69, 9.17) is 10.2 Å². The van der Waals surface area contributed by atoms with Crippen LogP contribution in [-0.4, -0.2) is 64.9 Å². The van der Waals surface area contributed by atoms with Gasteiger partial charge in [-0.3, -0.25) is 4.90 Å². The molecule has 0 aromatic rings. The lowest BCUT2D eigenvalue weighted by atomic mass is 10.2. The first-order valence-electron chi connectivity index (χ1n) is 4.48. The second-order valence-electron chi connectivity index (χ2n) is 3.35. The Hall–Kier alpha value is -0.810. The molecule has 5 heteroatoms. The van der Waals surface area contributed by atoms with Crippen molar-refractivity contribution in [3.63, 3.8) is 0 Å². The van der Waals surface area contributed by atoms with Crippen LogP contribution in [0, 0.1) is 0 Å². The summed E-state index contributed by atoms with van der Waals surface area (Å²) >= 11 is 0. The van der Waals surface area contributed by atoms with Crippen LogP contribution in [0.2, 0.25) is 0 Å². The van der Waals surface area contributed by atoms with E-state index in [0.29, 0.717) is 19.6 Å². The van der Waals surface area contributed by atoms with Crippen molar-refractivity contribution in [1.29, 1.82) is 0 Å². The molecule has 0 aromatic carbocycles. The van der Waals surface area contributed by atoms with Crippen molar-refractivity contribution in [2.75, 3.05) is 32.8 Å². The molecule has 2 N–H and O–H groups in total. The SMILES string of the molecule is C[C@@H]1CN(CCO)CCN1C(=O)O. The minimum Gasteiger partial charge on any atom is -0.465 e. The molecule has 76 valence electrons. The van der Waals surface area contributed by atoms with E-state index in [0.717, 1.165) is 6.54 Å². The molecular weight excluding hydrogens is 172 g/mol. The van der Waals surface area contributed by atoms with Gasteiger partial charge in [-0.15, -0.1) is 0 Å². The summed E-state index contributed by atoms with van der Waals surface area (Å²) in [6, 6.07) is 0.0257. The van der Waals surface area contributed by atoms with Crippen molar-refractivity contribution in [3.05, 3.63) is 0 Å². The lowest BCUT2D eigenvalue weighted by Crippen LogP contribution is -2.54. The Morgan fingerprint density at radius 2 is 2.23 bits per heavy atom. The lowest BCUT2D eigenvalue weighted by molar-refractivity contribution is 0.0663. The van der Waals surface area contributed by atoms with E-state index < -0.39 is 6.09 Å². The number of aliphatic hydroxyl groups is 1. The number of piperazine rings is 1. The number of nitrogens with zero attached hydrogens (tertiary/aromatic N) is 2. The van der Waals surface area contributed by atoms with E-state index in [-0.39, 0.29) is 12.6 Å². The second-order valence-corrected chi connectivity index (χ2v) is 3.35. The molecule has 0 bridgehead atoms. The number of amides is 1. The standard InChI is InChI=1S/C8H16N2O3/c1-7-6-9(4-5-11)2-3-10(7)8(12)13/h7,11H,2-6H2,1H3,(H,12,13)/t7-/m1/s1. The second kappa shape index (κ2) is 4.43. The molecule has 0 aromatic heterocycles. The molecule has 0 aliphatic carbocycles. The third kappa shape index (κ3) is 2.57. The number of aliphatic hydroxyl groups excluding tert-OH is 1. The first-order valence-corrected chi connectivity index (χ1v) is 4.48. The summed E-state index contributed by atoms with van der Waals surface area (Å²) in [4.78, 5) is 14.2. The monoisotopic (exact) mass is 188 g/mol. The highest BCUT2D eigenvalue weighted by Gasteiger charge is 2.26. The summed E-state index contributed by atoms with van der Waals surface area (Å²) in [6.07, 6.45) is -0.851. The molecule has 0 saturated carbocycles. The Bertz CT molecular complexity index is 186. The van der Waals surface area contributed by atoms with E-state index >= 15 is 0 Å². The third-order valence-electron chi connectivity index (χ3n) is 2.37. The zero-order valence-corrected chi connectivity index (χ0v) is 7.81. The summed E-state index contributed by atoms with van der Waals surface area (Å²) < 4.78 is 0. The van der Waals surface area contributed by atoms with Gasteiger partial charge >= 0.3 is 6.09 Å². The molecule has 0 unspecified atom stereocenters. The topological polar surface area (TPSA) is 64.0 Å². The Morgan fingerprint density at radius 1 is 1.54 bits per heavy atom. The maximum atomic E-state index is 10.7. The maximum Gasteiger partial charge on any atom is 0.407 e. The third-order valence-corrected chi connectivity index (χ3v) is 2.37. The van der Waals surface area contributed by atoms with Crippen molar-refractivity contribution in [1.82, 2.24) is 9.80 Å². The van der Waals surface area contributed by atoms with E-state index in [1.165, 1.54) is 4.90 Å². The van der Waals surface area contributed by atoms with Gasteiger partial charge < -0.3 is 15.1 Å². The fourth-order valence-corrected chi connectivity index (χ4v) is 1.66. The summed E-state index contributed by atoms with van der Waals surface area (Å²) in [5.74, 6) is 0. The van der Waals surface area contributed by atoms with Crippen molar-refractivity contribution >= 4 is 6.09 Å². The zero-order chi connectivity index (χ0) is 9.84. The van der Waals surface area contributed by atoms with Gasteiger partial charge in [-0.2, -0.15) is 0 Å². The molecule has 1 aliphatic heterocycles. The van der Waals surface area contributed by atoms with Gasteiger partial charge in [0.05, 0.1) is 6.61 Å². The Morgan fingerprint density at radius 3 is 2.69 bits per heavy atom. The van der Waals surface area contributed by atoms with Crippen LogP contribution in [0.1, 0.15) is 6.92 Å². The van der Waals surface area contributed by atoms with Crippen LogP contribution < -0.4 is 0 Å². The van der Waals surface area contributed by atoms with Gasteiger partial charge in [0.2, 0.25) is 0 Å². The number of rotatable bonds is 2. The molecule has 1 aliphatic rings. The molecule has 1 fully saturated rings. The molecule has 1 amide bonds. The normalized spacial score (nSPS) is 24.8. The fraction of sp³-hybridized carbons (Fsp3) is 0.875.